The summed E-state index contributed by atoms with van der Waals surface area (Å²) in [5, 5.41) is 11.4. The molecule has 0 saturated carbocycles. The van der Waals surface area contributed by atoms with E-state index in [0.29, 0.717) is 16.8 Å². The van der Waals surface area contributed by atoms with E-state index < -0.39 is 23.7 Å². The number of hydrogen-bond acceptors (Lipinski definition) is 5. The number of esters is 1. The van der Waals surface area contributed by atoms with E-state index in [-0.39, 0.29) is 23.5 Å². The predicted molar refractivity (Wildman–Crippen MR) is 134 cm³/mol. The summed E-state index contributed by atoms with van der Waals surface area (Å²) in [6.45, 7) is 7.59. The van der Waals surface area contributed by atoms with Gasteiger partial charge in [0.05, 0.1) is 23.8 Å². The minimum absolute atomic E-state index is 0.0100. The van der Waals surface area contributed by atoms with Crippen molar-refractivity contribution in [2.45, 2.75) is 33.7 Å². The number of aliphatic hydroxyl groups excluding tert-OH is 1. The van der Waals surface area contributed by atoms with Gasteiger partial charge in [0.15, 0.2) is 0 Å². The summed E-state index contributed by atoms with van der Waals surface area (Å²) in [5.41, 5.74) is 4.47. The molecule has 0 aromatic heterocycles. The number of carbonyl (C=O) groups is 3. The molecule has 3 aromatic carbocycles. The van der Waals surface area contributed by atoms with E-state index in [1.807, 2.05) is 57.2 Å². The summed E-state index contributed by atoms with van der Waals surface area (Å²) >= 11 is 0. The lowest BCUT2D eigenvalue weighted by molar-refractivity contribution is -0.132. The number of anilines is 1. The topological polar surface area (TPSA) is 83.9 Å². The molecule has 6 heteroatoms. The SMILES string of the molecule is CCOC(=O)c1cccc(N2C(=O)C(=O)/C(=C(/O)c3cc(C)ccc3C)C2c2cccc(C)c2)c1. The minimum atomic E-state index is -0.868. The molecule has 1 saturated heterocycles. The smallest absolute Gasteiger partial charge is 0.338 e. The zero-order valence-corrected chi connectivity index (χ0v) is 20.2. The maximum absolute atomic E-state index is 13.4. The van der Waals surface area contributed by atoms with Gasteiger partial charge in [-0.2, -0.15) is 0 Å². The third-order valence-electron chi connectivity index (χ3n) is 6.09. The van der Waals surface area contributed by atoms with Crippen LogP contribution in [-0.4, -0.2) is 29.4 Å². The highest BCUT2D eigenvalue weighted by atomic mass is 16.5. The van der Waals surface area contributed by atoms with Crippen LogP contribution in [0.2, 0.25) is 0 Å². The van der Waals surface area contributed by atoms with E-state index in [1.165, 1.54) is 11.0 Å². The molecule has 0 aliphatic carbocycles. The van der Waals surface area contributed by atoms with Crippen molar-refractivity contribution in [3.05, 3.63) is 106 Å². The zero-order chi connectivity index (χ0) is 25.3. The number of ether oxygens (including phenoxy) is 1. The van der Waals surface area contributed by atoms with E-state index in [9.17, 15) is 19.5 Å². The van der Waals surface area contributed by atoms with Gasteiger partial charge in [-0.25, -0.2) is 4.79 Å². The number of benzene rings is 3. The fraction of sp³-hybridized carbons (Fsp3) is 0.207. The third kappa shape index (κ3) is 4.47. The van der Waals surface area contributed by atoms with E-state index in [0.717, 1.165) is 16.7 Å². The van der Waals surface area contributed by atoms with Crippen LogP contribution in [0.1, 0.15) is 51.1 Å². The molecule has 1 heterocycles. The Bertz CT molecular complexity index is 1370. The number of rotatable bonds is 5. The number of carbonyl (C=O) groups excluding carboxylic acids is 3. The Morgan fingerprint density at radius 1 is 0.943 bits per heavy atom. The van der Waals surface area contributed by atoms with E-state index in [4.69, 9.17) is 4.74 Å². The number of amides is 1. The van der Waals surface area contributed by atoms with E-state index in [2.05, 4.69) is 0 Å². The first kappa shape index (κ1) is 24.0. The van der Waals surface area contributed by atoms with E-state index >= 15 is 0 Å². The van der Waals surface area contributed by atoms with Gasteiger partial charge in [0.1, 0.15) is 5.76 Å². The molecule has 0 spiro atoms. The second kappa shape index (κ2) is 9.58. The van der Waals surface area contributed by atoms with Crippen LogP contribution >= 0.6 is 0 Å². The van der Waals surface area contributed by atoms with Crippen molar-refractivity contribution >= 4 is 29.1 Å². The number of ketones is 1. The van der Waals surface area contributed by atoms with Gasteiger partial charge >= 0.3 is 5.97 Å². The van der Waals surface area contributed by atoms with Crippen LogP contribution in [-0.2, 0) is 14.3 Å². The Hall–Kier alpha value is -4.19. The van der Waals surface area contributed by atoms with Gasteiger partial charge in [-0.3, -0.25) is 14.5 Å². The average molecular weight is 470 g/mol. The van der Waals surface area contributed by atoms with Crippen molar-refractivity contribution in [1.29, 1.82) is 0 Å². The molecule has 0 bridgehead atoms. The number of Topliss-reactive ketones (excluding diaryl/α,β-unsaturated/α-hetero) is 1. The molecule has 6 nitrogen and oxygen atoms in total. The van der Waals surface area contributed by atoms with Gasteiger partial charge in [-0.15, -0.1) is 0 Å². The van der Waals surface area contributed by atoms with Crippen molar-refractivity contribution < 1.29 is 24.2 Å². The highest BCUT2D eigenvalue weighted by Gasteiger charge is 2.47. The normalized spacial score (nSPS) is 17.0. The van der Waals surface area contributed by atoms with Crippen molar-refractivity contribution in [2.75, 3.05) is 11.5 Å². The highest BCUT2D eigenvalue weighted by molar-refractivity contribution is 6.51. The van der Waals surface area contributed by atoms with Crippen LogP contribution in [0.15, 0.2) is 72.3 Å². The molecule has 35 heavy (non-hydrogen) atoms. The minimum Gasteiger partial charge on any atom is -0.507 e. The molecule has 0 radical (unpaired) electrons. The molecule has 1 aliphatic heterocycles. The van der Waals surface area contributed by atoms with Crippen LogP contribution in [0.4, 0.5) is 5.69 Å². The first-order valence-corrected chi connectivity index (χ1v) is 11.4. The van der Waals surface area contributed by atoms with Gasteiger partial charge in [0.2, 0.25) is 0 Å². The van der Waals surface area contributed by atoms with Crippen LogP contribution < -0.4 is 4.90 Å². The summed E-state index contributed by atoms with van der Waals surface area (Å²) in [7, 11) is 0. The number of aliphatic hydroxyl groups is 1. The quantitative estimate of drug-likeness (QED) is 0.234. The first-order valence-electron chi connectivity index (χ1n) is 11.4. The average Bonchev–Trinajstić information content (AvgIpc) is 3.11. The fourth-order valence-electron chi connectivity index (χ4n) is 4.39. The van der Waals surface area contributed by atoms with Crippen molar-refractivity contribution in [3.8, 4) is 0 Å². The number of hydrogen-bond donors (Lipinski definition) is 1. The monoisotopic (exact) mass is 469 g/mol. The number of aryl methyl sites for hydroxylation is 3. The Morgan fingerprint density at radius 3 is 2.37 bits per heavy atom. The largest absolute Gasteiger partial charge is 0.507 e. The second-order valence-corrected chi connectivity index (χ2v) is 8.67. The Morgan fingerprint density at radius 2 is 1.66 bits per heavy atom. The lowest BCUT2D eigenvalue weighted by Gasteiger charge is -2.26. The summed E-state index contributed by atoms with van der Waals surface area (Å²) in [6, 6.07) is 18.6. The summed E-state index contributed by atoms with van der Waals surface area (Å²) in [6.07, 6.45) is 0. The fourth-order valence-corrected chi connectivity index (χ4v) is 4.39. The number of nitrogens with zero attached hydrogens (tertiary/aromatic N) is 1. The molecule has 1 atom stereocenters. The predicted octanol–water partition coefficient (Wildman–Crippen LogP) is 5.41. The first-order chi connectivity index (χ1) is 16.7. The van der Waals surface area contributed by atoms with Gasteiger partial charge in [-0.1, -0.05) is 53.6 Å². The lowest BCUT2D eigenvalue weighted by Crippen LogP contribution is -2.29. The summed E-state index contributed by atoms with van der Waals surface area (Å²) in [4.78, 5) is 40.5. The molecular weight excluding hydrogens is 442 g/mol. The Balaban J connectivity index is 1.95. The van der Waals surface area contributed by atoms with Gasteiger partial charge in [0.25, 0.3) is 11.7 Å². The lowest BCUT2D eigenvalue weighted by atomic mass is 9.92. The molecule has 1 aliphatic rings. The summed E-state index contributed by atoms with van der Waals surface area (Å²) in [5.74, 6) is -2.30. The molecular formula is C29H27NO5. The van der Waals surface area contributed by atoms with Crippen molar-refractivity contribution in [1.82, 2.24) is 0 Å². The molecule has 1 fully saturated rings. The molecule has 1 unspecified atom stereocenters. The standard InChI is InChI=1S/C29H27NO5/c1-5-35-29(34)21-10-7-11-22(16-21)30-25(20-9-6-8-17(2)14-20)24(27(32)28(30)33)26(31)23-15-18(3)12-13-19(23)4/h6-16,25,31H,5H2,1-4H3/b26-24+. The van der Waals surface area contributed by atoms with Crippen LogP contribution in [0.5, 0.6) is 0 Å². The summed E-state index contributed by atoms with van der Waals surface area (Å²) < 4.78 is 5.10. The zero-order valence-electron chi connectivity index (χ0n) is 20.2. The maximum Gasteiger partial charge on any atom is 0.338 e. The van der Waals surface area contributed by atoms with Crippen LogP contribution in [0.25, 0.3) is 5.76 Å². The molecule has 3 aromatic rings. The third-order valence-corrected chi connectivity index (χ3v) is 6.09. The van der Waals surface area contributed by atoms with Crippen LogP contribution in [0.3, 0.4) is 0 Å². The molecule has 1 amide bonds. The highest BCUT2D eigenvalue weighted by Crippen LogP contribution is 2.43. The molecule has 1 N–H and O–H groups in total. The Kier molecular flexibility index (Phi) is 6.56. The van der Waals surface area contributed by atoms with E-state index in [1.54, 1.807) is 31.2 Å². The van der Waals surface area contributed by atoms with Crippen molar-refractivity contribution in [3.63, 3.8) is 0 Å². The van der Waals surface area contributed by atoms with Gasteiger partial charge in [0, 0.05) is 11.3 Å². The van der Waals surface area contributed by atoms with Gasteiger partial charge < -0.3 is 9.84 Å². The maximum atomic E-state index is 13.4. The Labute approximate surface area is 204 Å². The van der Waals surface area contributed by atoms with Crippen LogP contribution in [0, 0.1) is 20.8 Å². The van der Waals surface area contributed by atoms with Crippen molar-refractivity contribution in [2.24, 2.45) is 0 Å². The molecule has 4 rings (SSSR count). The molecule has 178 valence electrons. The second-order valence-electron chi connectivity index (χ2n) is 8.67. The van der Waals surface area contributed by atoms with Gasteiger partial charge in [-0.05, 0) is 63.1 Å².